The monoisotopic (exact) mass is 275 g/mol. The molecule has 1 rings (SSSR count). The van der Waals surface area contributed by atoms with Crippen molar-refractivity contribution in [3.05, 3.63) is 5.82 Å². The van der Waals surface area contributed by atoms with Gasteiger partial charge >= 0.3 is 0 Å². The van der Waals surface area contributed by atoms with Crippen LogP contribution in [-0.2, 0) is 13.6 Å². The molecular weight excluding hydrogens is 258 g/mol. The van der Waals surface area contributed by atoms with Gasteiger partial charge < -0.3 is 0 Å². The molecule has 0 atom stereocenters. The summed E-state index contributed by atoms with van der Waals surface area (Å²) in [5, 5.41) is 13.0. The van der Waals surface area contributed by atoms with E-state index in [1.165, 1.54) is 4.80 Å². The molecule has 0 saturated carbocycles. The van der Waals surface area contributed by atoms with Crippen LogP contribution in [0.4, 0.5) is 0 Å². The Balaban J connectivity index is 2.50. The lowest BCUT2D eigenvalue weighted by atomic mass is 10.3. The van der Waals surface area contributed by atoms with E-state index in [0.717, 1.165) is 30.7 Å². The van der Waals surface area contributed by atoms with E-state index in [-0.39, 0.29) is 0 Å². The molecule has 0 saturated heterocycles. The lowest BCUT2D eigenvalue weighted by Crippen LogP contribution is -2.32. The van der Waals surface area contributed by atoms with Gasteiger partial charge in [0.2, 0.25) is 0 Å². The van der Waals surface area contributed by atoms with Crippen LogP contribution in [-0.4, -0.2) is 43.0 Å². The Kier molecular flexibility index (Phi) is 5.17. The molecule has 6 heteroatoms. The molecule has 0 aromatic carbocycles. The number of halogens is 1. The fraction of sp³-hybridized carbons (Fsp3) is 0.889. The Morgan fingerprint density at radius 2 is 2.20 bits per heavy atom. The molecule has 0 amide bonds. The van der Waals surface area contributed by atoms with Gasteiger partial charge in [0.1, 0.15) is 0 Å². The third kappa shape index (κ3) is 4.25. The van der Waals surface area contributed by atoms with Crippen LogP contribution in [0.5, 0.6) is 0 Å². The molecule has 0 spiro atoms. The molecule has 1 aromatic rings. The van der Waals surface area contributed by atoms with Gasteiger partial charge in [-0.05, 0) is 32.0 Å². The summed E-state index contributed by atoms with van der Waals surface area (Å²) in [5.41, 5.74) is 0. The number of nitrogens with zero attached hydrogens (tertiary/aromatic N) is 5. The van der Waals surface area contributed by atoms with Crippen molar-refractivity contribution in [3.8, 4) is 0 Å². The quantitative estimate of drug-likeness (QED) is 0.733. The maximum atomic E-state index is 4.18. The number of aromatic nitrogens is 4. The summed E-state index contributed by atoms with van der Waals surface area (Å²) in [6.45, 7) is 6.20. The van der Waals surface area contributed by atoms with Crippen molar-refractivity contribution in [2.75, 3.05) is 11.9 Å². The first kappa shape index (κ1) is 12.6. The van der Waals surface area contributed by atoms with Crippen LogP contribution in [0.15, 0.2) is 0 Å². The maximum absolute atomic E-state index is 4.18. The summed E-state index contributed by atoms with van der Waals surface area (Å²) in [5.74, 6) is 0.792. The second kappa shape index (κ2) is 6.17. The Labute approximate surface area is 99.0 Å². The smallest absolute Gasteiger partial charge is 0.188 e. The molecule has 5 nitrogen and oxygen atoms in total. The normalized spacial score (nSPS) is 11.6. The highest BCUT2D eigenvalue weighted by molar-refractivity contribution is 9.09. The number of aryl methyl sites for hydroxylation is 1. The molecule has 0 fully saturated rings. The van der Waals surface area contributed by atoms with Gasteiger partial charge in [-0.2, -0.15) is 4.80 Å². The van der Waals surface area contributed by atoms with Crippen molar-refractivity contribution in [1.29, 1.82) is 0 Å². The van der Waals surface area contributed by atoms with Gasteiger partial charge in [0, 0.05) is 11.4 Å². The van der Waals surface area contributed by atoms with Gasteiger partial charge in [-0.15, -0.1) is 10.2 Å². The molecule has 15 heavy (non-hydrogen) atoms. The maximum Gasteiger partial charge on any atom is 0.188 e. The fourth-order valence-electron chi connectivity index (χ4n) is 1.35. The minimum atomic E-state index is 0.507. The van der Waals surface area contributed by atoms with Crippen molar-refractivity contribution in [2.24, 2.45) is 7.05 Å². The largest absolute Gasteiger partial charge is 0.293 e. The highest BCUT2D eigenvalue weighted by Gasteiger charge is 2.12. The zero-order chi connectivity index (χ0) is 11.3. The van der Waals surface area contributed by atoms with E-state index in [9.17, 15) is 0 Å². The van der Waals surface area contributed by atoms with E-state index < -0.39 is 0 Å². The molecule has 0 N–H and O–H groups in total. The first-order valence-electron chi connectivity index (χ1n) is 5.16. The van der Waals surface area contributed by atoms with Crippen LogP contribution < -0.4 is 0 Å². The highest BCUT2D eigenvalue weighted by Crippen LogP contribution is 2.05. The number of hydrogen-bond acceptors (Lipinski definition) is 4. The molecule has 86 valence electrons. The van der Waals surface area contributed by atoms with E-state index in [1.54, 1.807) is 7.05 Å². The van der Waals surface area contributed by atoms with Crippen LogP contribution in [0.3, 0.4) is 0 Å². The zero-order valence-electron chi connectivity index (χ0n) is 9.52. The van der Waals surface area contributed by atoms with Crippen molar-refractivity contribution in [3.63, 3.8) is 0 Å². The van der Waals surface area contributed by atoms with Gasteiger partial charge in [-0.3, -0.25) is 4.90 Å². The van der Waals surface area contributed by atoms with E-state index in [2.05, 4.69) is 50.1 Å². The van der Waals surface area contributed by atoms with Crippen molar-refractivity contribution in [2.45, 2.75) is 32.9 Å². The van der Waals surface area contributed by atoms with E-state index >= 15 is 0 Å². The molecule has 0 aliphatic rings. The number of tetrazole rings is 1. The van der Waals surface area contributed by atoms with Crippen LogP contribution >= 0.6 is 15.9 Å². The Morgan fingerprint density at radius 1 is 1.47 bits per heavy atom. The first-order valence-corrected chi connectivity index (χ1v) is 6.28. The van der Waals surface area contributed by atoms with Crippen LogP contribution in [0, 0.1) is 0 Å². The van der Waals surface area contributed by atoms with Crippen molar-refractivity contribution in [1.82, 2.24) is 25.1 Å². The lowest BCUT2D eigenvalue weighted by Gasteiger charge is -2.24. The summed E-state index contributed by atoms with van der Waals surface area (Å²) in [6.07, 6.45) is 1.14. The second-order valence-electron chi connectivity index (χ2n) is 3.80. The number of hydrogen-bond donors (Lipinski definition) is 0. The summed E-state index contributed by atoms with van der Waals surface area (Å²) in [6, 6.07) is 0.507. The summed E-state index contributed by atoms with van der Waals surface area (Å²) in [4.78, 5) is 3.84. The zero-order valence-corrected chi connectivity index (χ0v) is 11.1. The molecule has 0 aliphatic heterocycles. The predicted octanol–water partition coefficient (Wildman–Crippen LogP) is 1.21. The molecule has 1 aromatic heterocycles. The van der Waals surface area contributed by atoms with E-state index in [1.807, 2.05) is 0 Å². The van der Waals surface area contributed by atoms with Gasteiger partial charge in [0.05, 0.1) is 13.6 Å². The van der Waals surface area contributed by atoms with Crippen molar-refractivity contribution < 1.29 is 0 Å². The van der Waals surface area contributed by atoms with Gasteiger partial charge in [0.25, 0.3) is 0 Å². The van der Waals surface area contributed by atoms with Crippen molar-refractivity contribution >= 4 is 15.9 Å². The third-order valence-corrected chi connectivity index (χ3v) is 2.76. The SMILES string of the molecule is CC(C)N(CCCBr)Cc1nnn(C)n1. The van der Waals surface area contributed by atoms with E-state index in [0.29, 0.717) is 6.04 Å². The molecule has 0 radical (unpaired) electrons. The Bertz CT molecular complexity index is 286. The predicted molar refractivity (Wildman–Crippen MR) is 62.8 cm³/mol. The Morgan fingerprint density at radius 3 is 2.67 bits per heavy atom. The van der Waals surface area contributed by atoms with Crippen LogP contribution in [0.1, 0.15) is 26.1 Å². The molecule has 1 heterocycles. The molecule has 0 bridgehead atoms. The van der Waals surface area contributed by atoms with Gasteiger partial charge in [-0.1, -0.05) is 15.9 Å². The molecular formula is C9H18BrN5. The minimum absolute atomic E-state index is 0.507. The average molecular weight is 276 g/mol. The minimum Gasteiger partial charge on any atom is -0.293 e. The summed E-state index contributed by atoms with van der Waals surface area (Å²) < 4.78 is 0. The lowest BCUT2D eigenvalue weighted by molar-refractivity contribution is 0.208. The fourth-order valence-corrected chi connectivity index (χ4v) is 1.60. The summed E-state index contributed by atoms with van der Waals surface area (Å²) >= 11 is 3.44. The molecule has 0 unspecified atom stereocenters. The number of alkyl halides is 1. The standard InChI is InChI=1S/C9H18BrN5/c1-8(2)15(6-4-5-10)7-9-11-13-14(3)12-9/h8H,4-7H2,1-3H3. The van der Waals surface area contributed by atoms with Gasteiger partial charge in [0.15, 0.2) is 5.82 Å². The average Bonchev–Trinajstić information content (AvgIpc) is 2.58. The first-order chi connectivity index (χ1) is 7.13. The summed E-state index contributed by atoms with van der Waals surface area (Å²) in [7, 11) is 1.79. The second-order valence-corrected chi connectivity index (χ2v) is 4.59. The topological polar surface area (TPSA) is 46.8 Å². The van der Waals surface area contributed by atoms with Crippen LogP contribution in [0.25, 0.3) is 0 Å². The van der Waals surface area contributed by atoms with E-state index in [4.69, 9.17) is 0 Å². The van der Waals surface area contributed by atoms with Crippen LogP contribution in [0.2, 0.25) is 0 Å². The molecule has 0 aliphatic carbocycles. The van der Waals surface area contributed by atoms with Gasteiger partial charge in [-0.25, -0.2) is 0 Å². The third-order valence-electron chi connectivity index (χ3n) is 2.20. The Hall–Kier alpha value is -0.490. The highest BCUT2D eigenvalue weighted by atomic mass is 79.9. The number of rotatable bonds is 6.